The summed E-state index contributed by atoms with van der Waals surface area (Å²) in [7, 11) is -4.75. The summed E-state index contributed by atoms with van der Waals surface area (Å²) in [6, 6.07) is 8.91. The van der Waals surface area contributed by atoms with E-state index in [-0.39, 0.29) is 10.0 Å². The van der Waals surface area contributed by atoms with Crippen LogP contribution in [0.15, 0.2) is 59.5 Å². The first-order valence-corrected chi connectivity index (χ1v) is 12.0. The molecule has 0 aliphatic rings. The van der Waals surface area contributed by atoms with E-state index < -0.39 is 74.5 Å². The van der Waals surface area contributed by atoms with Gasteiger partial charge in [0.1, 0.15) is 39.5 Å². The first kappa shape index (κ1) is 27.4. The van der Waals surface area contributed by atoms with Crippen molar-refractivity contribution >= 4 is 56.4 Å². The Kier molecular flexibility index (Phi) is 8.56. The first-order chi connectivity index (χ1) is 16.9. The Labute approximate surface area is 212 Å². The van der Waals surface area contributed by atoms with E-state index in [0.29, 0.717) is 4.31 Å². The van der Waals surface area contributed by atoms with Gasteiger partial charge < -0.3 is 10.6 Å². The number of carbonyl (C=O) groups is 2. The quantitative estimate of drug-likeness (QED) is 0.384. The first-order valence-electron chi connectivity index (χ1n) is 9.83. The average Bonchev–Trinajstić information content (AvgIpc) is 2.80. The van der Waals surface area contributed by atoms with Gasteiger partial charge in [-0.25, -0.2) is 26.0 Å². The summed E-state index contributed by atoms with van der Waals surface area (Å²) < 4.78 is 82.5. The molecule has 0 radical (unpaired) electrons. The van der Waals surface area contributed by atoms with Gasteiger partial charge in [-0.3, -0.25) is 9.59 Å². The fourth-order valence-electron chi connectivity index (χ4n) is 2.95. The number of nitrogens with one attached hydrogen (secondary N) is 2. The maximum absolute atomic E-state index is 13.9. The fourth-order valence-corrected chi connectivity index (χ4v) is 5.04. The summed E-state index contributed by atoms with van der Waals surface area (Å²) in [5.74, 6) is -7.00. The maximum atomic E-state index is 13.9. The average molecular weight is 564 g/mol. The van der Waals surface area contributed by atoms with Gasteiger partial charge in [-0.1, -0.05) is 35.3 Å². The molecule has 7 nitrogen and oxygen atoms in total. The van der Waals surface area contributed by atoms with Crippen molar-refractivity contribution in [2.45, 2.75) is 4.90 Å². The Bertz CT molecular complexity index is 1330. The Morgan fingerprint density at radius 1 is 0.750 bits per heavy atom. The standard InChI is InChI=1S/C22H15Cl2F4N3O4S/c23-12-7-8-13(24)18(9-12)36(34,35)31(10-19(32)29-21-14(25)3-1-4-15(21)26)11-20(33)30-22-16(27)5-2-6-17(22)28/h1-9H,10-11H2,(H,29,32)(H,30,33). The molecule has 2 amide bonds. The molecular formula is C22H15Cl2F4N3O4S. The molecule has 0 aromatic heterocycles. The largest absolute Gasteiger partial charge is 0.320 e. The third kappa shape index (κ3) is 6.32. The van der Waals surface area contributed by atoms with Crippen LogP contribution < -0.4 is 10.6 Å². The van der Waals surface area contributed by atoms with Crippen molar-refractivity contribution in [1.82, 2.24) is 4.31 Å². The SMILES string of the molecule is O=C(CN(CC(=O)Nc1c(F)cccc1F)S(=O)(=O)c1cc(Cl)ccc1Cl)Nc1c(F)cccc1F. The molecule has 2 N–H and O–H groups in total. The van der Waals surface area contributed by atoms with Crippen LogP contribution in [0.25, 0.3) is 0 Å². The van der Waals surface area contributed by atoms with Crippen molar-refractivity contribution < 1.29 is 35.6 Å². The van der Waals surface area contributed by atoms with E-state index in [9.17, 15) is 35.6 Å². The van der Waals surface area contributed by atoms with E-state index in [1.807, 2.05) is 10.6 Å². The zero-order valence-corrected chi connectivity index (χ0v) is 20.2. The summed E-state index contributed by atoms with van der Waals surface area (Å²) in [5.41, 5.74) is -1.70. The van der Waals surface area contributed by atoms with E-state index in [0.717, 1.165) is 48.5 Å². The van der Waals surface area contributed by atoms with Gasteiger partial charge in [-0.15, -0.1) is 0 Å². The van der Waals surface area contributed by atoms with Crippen molar-refractivity contribution in [1.29, 1.82) is 0 Å². The van der Waals surface area contributed by atoms with E-state index in [1.54, 1.807) is 0 Å². The van der Waals surface area contributed by atoms with Crippen LogP contribution >= 0.6 is 23.2 Å². The number of benzene rings is 3. The predicted octanol–water partition coefficient (Wildman–Crippen LogP) is 4.82. The van der Waals surface area contributed by atoms with E-state index in [4.69, 9.17) is 23.2 Å². The molecule has 0 unspecified atom stereocenters. The number of anilines is 2. The zero-order chi connectivity index (χ0) is 26.6. The second-order valence-corrected chi connectivity index (χ2v) is 9.89. The maximum Gasteiger partial charge on any atom is 0.245 e. The number of rotatable bonds is 8. The Morgan fingerprint density at radius 2 is 1.17 bits per heavy atom. The molecule has 190 valence electrons. The Hall–Kier alpha value is -3.19. The molecule has 0 aliphatic heterocycles. The fraction of sp³-hybridized carbons (Fsp3) is 0.0909. The van der Waals surface area contributed by atoms with Crippen molar-refractivity contribution in [2.75, 3.05) is 23.7 Å². The zero-order valence-electron chi connectivity index (χ0n) is 17.9. The molecule has 3 aromatic rings. The summed E-state index contributed by atoms with van der Waals surface area (Å²) in [5, 5.41) is 3.43. The number of para-hydroxylation sites is 2. The van der Waals surface area contributed by atoms with Gasteiger partial charge in [0, 0.05) is 5.02 Å². The normalized spacial score (nSPS) is 11.4. The van der Waals surface area contributed by atoms with Gasteiger partial charge in [0.25, 0.3) is 0 Å². The van der Waals surface area contributed by atoms with Gasteiger partial charge in [0.2, 0.25) is 21.8 Å². The summed E-state index contributed by atoms with van der Waals surface area (Å²) in [6.07, 6.45) is 0. The van der Waals surface area contributed by atoms with Crippen LogP contribution in [0, 0.1) is 23.3 Å². The number of carbonyl (C=O) groups excluding carboxylic acids is 2. The van der Waals surface area contributed by atoms with Crippen LogP contribution in [0.5, 0.6) is 0 Å². The van der Waals surface area contributed by atoms with Crippen molar-refractivity contribution in [3.63, 3.8) is 0 Å². The van der Waals surface area contributed by atoms with Gasteiger partial charge in [-0.2, -0.15) is 4.31 Å². The number of sulfonamides is 1. The summed E-state index contributed by atoms with van der Waals surface area (Å²) in [6.45, 7) is -2.27. The highest BCUT2D eigenvalue weighted by atomic mass is 35.5. The van der Waals surface area contributed by atoms with Gasteiger partial charge >= 0.3 is 0 Å². The van der Waals surface area contributed by atoms with E-state index >= 15 is 0 Å². The van der Waals surface area contributed by atoms with Crippen molar-refractivity contribution in [3.05, 3.63) is 87.9 Å². The monoisotopic (exact) mass is 563 g/mol. The number of amides is 2. The predicted molar refractivity (Wildman–Crippen MR) is 125 cm³/mol. The lowest BCUT2D eigenvalue weighted by Crippen LogP contribution is -2.43. The molecule has 0 saturated heterocycles. The second-order valence-electron chi connectivity index (χ2n) is 7.14. The number of hydrogen-bond donors (Lipinski definition) is 2. The number of hydrogen-bond acceptors (Lipinski definition) is 4. The lowest BCUT2D eigenvalue weighted by atomic mass is 10.3. The Balaban J connectivity index is 1.93. The van der Waals surface area contributed by atoms with Crippen LogP contribution in [-0.2, 0) is 19.6 Å². The molecule has 0 heterocycles. The van der Waals surface area contributed by atoms with Gasteiger partial charge in [-0.05, 0) is 42.5 Å². The smallest absolute Gasteiger partial charge is 0.245 e. The lowest BCUT2D eigenvalue weighted by molar-refractivity contribution is -0.118. The second kappa shape index (κ2) is 11.2. The minimum Gasteiger partial charge on any atom is -0.320 e. The van der Waals surface area contributed by atoms with E-state index in [1.165, 1.54) is 6.07 Å². The number of nitrogens with zero attached hydrogens (tertiary/aromatic N) is 1. The number of halogens is 6. The van der Waals surface area contributed by atoms with Crippen LogP contribution in [0.2, 0.25) is 10.0 Å². The van der Waals surface area contributed by atoms with Gasteiger partial charge in [0.05, 0.1) is 18.1 Å². The molecule has 0 saturated carbocycles. The lowest BCUT2D eigenvalue weighted by Gasteiger charge is -2.22. The van der Waals surface area contributed by atoms with Crippen LogP contribution in [0.4, 0.5) is 28.9 Å². The van der Waals surface area contributed by atoms with Crippen molar-refractivity contribution in [3.8, 4) is 0 Å². The van der Waals surface area contributed by atoms with Crippen LogP contribution in [-0.4, -0.2) is 37.6 Å². The van der Waals surface area contributed by atoms with Crippen molar-refractivity contribution in [2.24, 2.45) is 0 Å². The molecule has 36 heavy (non-hydrogen) atoms. The molecule has 0 spiro atoms. The van der Waals surface area contributed by atoms with E-state index in [2.05, 4.69) is 0 Å². The molecule has 0 atom stereocenters. The Morgan fingerprint density at radius 3 is 1.58 bits per heavy atom. The minimum atomic E-state index is -4.75. The third-order valence-corrected chi connectivity index (χ3v) is 7.11. The molecular weight excluding hydrogens is 549 g/mol. The topological polar surface area (TPSA) is 95.6 Å². The highest BCUT2D eigenvalue weighted by Gasteiger charge is 2.31. The minimum absolute atomic E-state index is 0.0475. The molecule has 14 heteroatoms. The van der Waals surface area contributed by atoms with Gasteiger partial charge in [0.15, 0.2) is 0 Å². The van der Waals surface area contributed by atoms with Crippen LogP contribution in [0.1, 0.15) is 0 Å². The third-order valence-electron chi connectivity index (χ3n) is 4.61. The highest BCUT2D eigenvalue weighted by molar-refractivity contribution is 7.89. The molecule has 3 rings (SSSR count). The summed E-state index contributed by atoms with van der Waals surface area (Å²) >= 11 is 11.8. The summed E-state index contributed by atoms with van der Waals surface area (Å²) in [4.78, 5) is 24.5. The highest BCUT2D eigenvalue weighted by Crippen LogP contribution is 2.28. The van der Waals surface area contributed by atoms with Crippen LogP contribution in [0.3, 0.4) is 0 Å². The molecule has 3 aromatic carbocycles. The molecule has 0 bridgehead atoms. The molecule has 0 aliphatic carbocycles. The molecule has 0 fully saturated rings.